The predicted molar refractivity (Wildman–Crippen MR) is 188 cm³/mol. The highest BCUT2D eigenvalue weighted by molar-refractivity contribution is 7.92. The molecular formula is C37H39Cl2N3O4S. The third-order valence-corrected chi connectivity index (χ3v) is 10.9. The highest BCUT2D eigenvalue weighted by Gasteiger charge is 2.35. The van der Waals surface area contributed by atoms with E-state index < -0.39 is 28.5 Å². The molecule has 1 fully saturated rings. The Morgan fingerprint density at radius 3 is 2.13 bits per heavy atom. The van der Waals surface area contributed by atoms with Gasteiger partial charge < -0.3 is 10.2 Å². The van der Waals surface area contributed by atoms with E-state index in [1.165, 1.54) is 17.0 Å². The van der Waals surface area contributed by atoms with Gasteiger partial charge in [0.2, 0.25) is 11.8 Å². The van der Waals surface area contributed by atoms with Crippen molar-refractivity contribution in [1.82, 2.24) is 10.2 Å². The predicted octanol–water partition coefficient (Wildman–Crippen LogP) is 7.59. The van der Waals surface area contributed by atoms with Gasteiger partial charge in [0.05, 0.1) is 10.6 Å². The van der Waals surface area contributed by atoms with Crippen LogP contribution in [0.4, 0.5) is 5.69 Å². The van der Waals surface area contributed by atoms with Gasteiger partial charge in [0.25, 0.3) is 10.0 Å². The third kappa shape index (κ3) is 8.95. The zero-order chi connectivity index (χ0) is 33.4. The summed E-state index contributed by atoms with van der Waals surface area (Å²) < 4.78 is 29.4. The fraction of sp³-hybridized carbons (Fsp3) is 0.297. The molecule has 5 rings (SSSR count). The first-order valence-electron chi connectivity index (χ1n) is 15.8. The Bertz CT molecular complexity index is 1760. The number of hydrogen-bond donors (Lipinski definition) is 1. The fourth-order valence-corrected chi connectivity index (χ4v) is 7.79. The van der Waals surface area contributed by atoms with E-state index in [0.717, 1.165) is 47.5 Å². The average molecular weight is 693 g/mol. The molecular weight excluding hydrogens is 653 g/mol. The van der Waals surface area contributed by atoms with Crippen LogP contribution in [0.25, 0.3) is 0 Å². The van der Waals surface area contributed by atoms with Crippen molar-refractivity contribution in [2.75, 3.05) is 10.8 Å². The number of carbonyl (C=O) groups excluding carboxylic acids is 2. The van der Waals surface area contributed by atoms with Crippen LogP contribution >= 0.6 is 23.2 Å². The summed E-state index contributed by atoms with van der Waals surface area (Å²) in [5.74, 6) is -0.831. The largest absolute Gasteiger partial charge is 0.352 e. The second-order valence-electron chi connectivity index (χ2n) is 12.0. The molecule has 4 aromatic rings. The van der Waals surface area contributed by atoms with Gasteiger partial charge in [-0.05, 0) is 67.3 Å². The number of benzene rings is 4. The molecule has 10 heteroatoms. The molecule has 4 aromatic carbocycles. The zero-order valence-corrected chi connectivity index (χ0v) is 28.6. The number of nitrogens with one attached hydrogen (secondary N) is 1. The van der Waals surface area contributed by atoms with Gasteiger partial charge in [-0.1, -0.05) is 115 Å². The molecule has 0 unspecified atom stereocenters. The summed E-state index contributed by atoms with van der Waals surface area (Å²) in [6.45, 7) is 1.34. The monoisotopic (exact) mass is 691 g/mol. The first-order chi connectivity index (χ1) is 22.6. The number of aryl methyl sites for hydroxylation is 1. The van der Waals surface area contributed by atoms with Crippen LogP contribution in [0, 0.1) is 6.92 Å². The Morgan fingerprint density at radius 1 is 0.851 bits per heavy atom. The van der Waals surface area contributed by atoms with Crippen LogP contribution in [-0.2, 0) is 32.6 Å². The van der Waals surface area contributed by atoms with Crippen molar-refractivity contribution in [2.45, 2.75) is 69.0 Å². The number of halogens is 2. The molecule has 246 valence electrons. The van der Waals surface area contributed by atoms with E-state index in [1.807, 2.05) is 37.3 Å². The summed E-state index contributed by atoms with van der Waals surface area (Å²) in [4.78, 5) is 30.4. The van der Waals surface area contributed by atoms with Crippen LogP contribution in [0.5, 0.6) is 0 Å². The van der Waals surface area contributed by atoms with E-state index in [4.69, 9.17) is 23.2 Å². The van der Waals surface area contributed by atoms with Crippen LogP contribution in [0.3, 0.4) is 0 Å². The Kier molecular flexibility index (Phi) is 11.6. The molecule has 0 aromatic heterocycles. The maximum atomic E-state index is 14.7. The van der Waals surface area contributed by atoms with Crippen molar-refractivity contribution >= 4 is 50.7 Å². The van der Waals surface area contributed by atoms with Crippen LogP contribution in [0.15, 0.2) is 108 Å². The quantitative estimate of drug-likeness (QED) is 0.166. The number of hydrogen-bond acceptors (Lipinski definition) is 4. The lowest BCUT2D eigenvalue weighted by Crippen LogP contribution is -2.55. The molecule has 1 saturated carbocycles. The van der Waals surface area contributed by atoms with Crippen LogP contribution in [0.1, 0.15) is 48.8 Å². The smallest absolute Gasteiger partial charge is 0.264 e. The van der Waals surface area contributed by atoms with Crippen LogP contribution < -0.4 is 9.62 Å². The normalized spacial score (nSPS) is 14.3. The molecule has 0 bridgehead atoms. The van der Waals surface area contributed by atoms with Gasteiger partial charge >= 0.3 is 0 Å². The lowest BCUT2D eigenvalue weighted by molar-refractivity contribution is -0.140. The standard InChI is InChI=1S/C37H39Cl2N3O4S/c1-27-17-21-32(22-18-27)42(47(45,46)33-15-9-4-10-16-33)26-36(43)41(25-29-19-20-30(38)24-34(29)39)35(23-28-11-5-2-6-12-28)37(44)40-31-13-7-3-8-14-31/h2,4-6,9-12,15-22,24,31,35H,3,7-8,13-14,23,25-26H2,1H3,(H,40,44)/t35-/m0/s1. The van der Waals surface area contributed by atoms with Gasteiger partial charge in [-0.3, -0.25) is 13.9 Å². The summed E-state index contributed by atoms with van der Waals surface area (Å²) in [6, 6.07) is 28.5. The Balaban J connectivity index is 1.57. The number of carbonyl (C=O) groups is 2. The van der Waals surface area contributed by atoms with E-state index in [1.54, 1.807) is 60.7 Å². The first-order valence-corrected chi connectivity index (χ1v) is 18.0. The van der Waals surface area contributed by atoms with Crippen molar-refractivity contribution in [2.24, 2.45) is 0 Å². The van der Waals surface area contributed by atoms with E-state index >= 15 is 0 Å². The molecule has 1 aliphatic rings. The second kappa shape index (κ2) is 15.8. The second-order valence-corrected chi connectivity index (χ2v) is 14.7. The molecule has 0 saturated heterocycles. The molecule has 0 spiro atoms. The van der Waals surface area contributed by atoms with Gasteiger partial charge in [0, 0.05) is 29.1 Å². The molecule has 1 N–H and O–H groups in total. The molecule has 2 amide bonds. The lowest BCUT2D eigenvalue weighted by Gasteiger charge is -2.35. The minimum Gasteiger partial charge on any atom is -0.352 e. The van der Waals surface area contributed by atoms with E-state index in [9.17, 15) is 18.0 Å². The van der Waals surface area contributed by atoms with E-state index in [2.05, 4.69) is 5.32 Å². The summed E-state index contributed by atoms with van der Waals surface area (Å²) in [6.07, 6.45) is 5.16. The Morgan fingerprint density at radius 2 is 1.49 bits per heavy atom. The average Bonchev–Trinajstić information content (AvgIpc) is 3.07. The van der Waals surface area contributed by atoms with Gasteiger partial charge in [-0.15, -0.1) is 0 Å². The first kappa shape index (κ1) is 34.5. The maximum Gasteiger partial charge on any atom is 0.264 e. The van der Waals surface area contributed by atoms with E-state index in [0.29, 0.717) is 21.3 Å². The van der Waals surface area contributed by atoms with Crippen LogP contribution in [0.2, 0.25) is 10.0 Å². The van der Waals surface area contributed by atoms with E-state index in [-0.39, 0.29) is 29.8 Å². The van der Waals surface area contributed by atoms with Gasteiger partial charge in [-0.25, -0.2) is 8.42 Å². The van der Waals surface area contributed by atoms with Crippen molar-refractivity contribution in [3.63, 3.8) is 0 Å². The van der Waals surface area contributed by atoms with Crippen molar-refractivity contribution < 1.29 is 18.0 Å². The minimum atomic E-state index is -4.17. The van der Waals surface area contributed by atoms with Gasteiger partial charge in [0.15, 0.2) is 0 Å². The summed E-state index contributed by atoms with van der Waals surface area (Å²) in [7, 11) is -4.17. The zero-order valence-electron chi connectivity index (χ0n) is 26.3. The number of sulfonamides is 1. The fourth-order valence-electron chi connectivity index (χ4n) is 5.89. The number of rotatable bonds is 12. The van der Waals surface area contributed by atoms with Gasteiger partial charge in [0.1, 0.15) is 12.6 Å². The molecule has 1 aliphatic carbocycles. The third-order valence-electron chi connectivity index (χ3n) is 8.51. The Hall–Kier alpha value is -3.85. The molecule has 0 radical (unpaired) electrons. The number of nitrogens with zero attached hydrogens (tertiary/aromatic N) is 2. The molecule has 0 heterocycles. The lowest BCUT2D eigenvalue weighted by atomic mass is 9.94. The Labute approximate surface area is 287 Å². The SMILES string of the molecule is Cc1ccc(N(CC(=O)N(Cc2ccc(Cl)cc2Cl)[C@@H](Cc2ccccc2)C(=O)NC2CCCCC2)S(=O)(=O)c2ccccc2)cc1. The maximum absolute atomic E-state index is 14.7. The molecule has 47 heavy (non-hydrogen) atoms. The highest BCUT2D eigenvalue weighted by atomic mass is 35.5. The summed E-state index contributed by atoms with van der Waals surface area (Å²) >= 11 is 12.8. The minimum absolute atomic E-state index is 0.00751. The molecule has 0 aliphatic heterocycles. The van der Waals surface area contributed by atoms with Crippen molar-refractivity contribution in [3.05, 3.63) is 130 Å². The van der Waals surface area contributed by atoms with Gasteiger partial charge in [-0.2, -0.15) is 0 Å². The molecule has 7 nitrogen and oxygen atoms in total. The summed E-state index contributed by atoms with van der Waals surface area (Å²) in [5.41, 5.74) is 2.73. The summed E-state index contributed by atoms with van der Waals surface area (Å²) in [5, 5.41) is 3.99. The number of anilines is 1. The highest BCUT2D eigenvalue weighted by Crippen LogP contribution is 2.28. The topological polar surface area (TPSA) is 86.8 Å². The molecule has 1 atom stereocenters. The van der Waals surface area contributed by atoms with Crippen molar-refractivity contribution in [1.29, 1.82) is 0 Å². The van der Waals surface area contributed by atoms with Crippen LogP contribution in [-0.4, -0.2) is 43.8 Å². The number of amides is 2. The van der Waals surface area contributed by atoms with Crippen molar-refractivity contribution in [3.8, 4) is 0 Å².